The van der Waals surface area contributed by atoms with Crippen LogP contribution in [0.5, 0.6) is 0 Å². The molecular formula is C12H6F5NOS. The Morgan fingerprint density at radius 1 is 1.05 bits per heavy atom. The van der Waals surface area contributed by atoms with Crippen LogP contribution in [-0.2, 0) is 5.92 Å². The van der Waals surface area contributed by atoms with E-state index in [9.17, 15) is 26.7 Å². The summed E-state index contributed by atoms with van der Waals surface area (Å²) in [4.78, 5) is 14.3. The first kappa shape index (κ1) is 14.6. The number of benzene rings is 1. The molecule has 2 aromatic rings. The minimum absolute atomic E-state index is 0.0241. The maximum Gasteiger partial charge on any atom is 0.459 e. The molecule has 0 aliphatic rings. The van der Waals surface area contributed by atoms with Crippen LogP contribution in [0.15, 0.2) is 35.8 Å². The molecule has 0 aliphatic heterocycles. The molecular weight excluding hydrogens is 301 g/mol. The zero-order valence-corrected chi connectivity index (χ0v) is 10.4. The number of hydrogen-bond donors (Lipinski definition) is 0. The lowest BCUT2D eigenvalue weighted by Crippen LogP contribution is -2.35. The molecule has 1 aromatic heterocycles. The summed E-state index contributed by atoms with van der Waals surface area (Å²) in [5.74, 6) is -6.07. The fraction of sp³-hybridized carbons (Fsp3) is 0.167. The molecule has 0 atom stereocenters. The Morgan fingerprint density at radius 2 is 1.65 bits per heavy atom. The highest BCUT2D eigenvalue weighted by Gasteiger charge is 2.61. The van der Waals surface area contributed by atoms with Crippen LogP contribution in [0.3, 0.4) is 0 Å². The third kappa shape index (κ3) is 2.43. The Bertz CT molecular complexity index is 620. The SMILES string of the molecule is O=C(c1ccccc1)c1scnc1C(F)(F)C(F)(F)F. The molecule has 20 heavy (non-hydrogen) atoms. The number of hydrogen-bond acceptors (Lipinski definition) is 3. The third-order valence-corrected chi connectivity index (χ3v) is 3.29. The van der Waals surface area contributed by atoms with E-state index in [2.05, 4.69) is 4.98 Å². The van der Waals surface area contributed by atoms with Crippen LogP contribution in [0.4, 0.5) is 22.0 Å². The lowest BCUT2D eigenvalue weighted by Gasteiger charge is -2.18. The average molecular weight is 307 g/mol. The minimum Gasteiger partial charge on any atom is -0.288 e. The van der Waals surface area contributed by atoms with Crippen molar-refractivity contribution in [3.63, 3.8) is 0 Å². The van der Waals surface area contributed by atoms with Gasteiger partial charge in [0, 0.05) is 5.56 Å². The molecule has 0 radical (unpaired) electrons. The Morgan fingerprint density at radius 3 is 2.20 bits per heavy atom. The van der Waals surface area contributed by atoms with Gasteiger partial charge >= 0.3 is 12.1 Å². The average Bonchev–Trinajstić information content (AvgIpc) is 2.87. The standard InChI is InChI=1S/C12H6F5NOS/c13-11(14,12(15,16)17)10-9(20-6-18-10)8(19)7-4-2-1-3-5-7/h1-6H. The molecule has 8 heteroatoms. The Hall–Kier alpha value is -1.83. The lowest BCUT2D eigenvalue weighted by molar-refractivity contribution is -0.290. The predicted octanol–water partition coefficient (Wildman–Crippen LogP) is 4.03. The smallest absolute Gasteiger partial charge is 0.288 e. The number of alkyl halides is 5. The van der Waals surface area contributed by atoms with Crippen LogP contribution in [-0.4, -0.2) is 16.9 Å². The topological polar surface area (TPSA) is 30.0 Å². The first-order valence-electron chi connectivity index (χ1n) is 5.23. The molecule has 1 aromatic carbocycles. The fourth-order valence-corrected chi connectivity index (χ4v) is 2.27. The summed E-state index contributed by atoms with van der Waals surface area (Å²) in [6.45, 7) is 0. The van der Waals surface area contributed by atoms with E-state index < -0.39 is 28.5 Å². The maximum absolute atomic E-state index is 13.3. The van der Waals surface area contributed by atoms with Crippen molar-refractivity contribution in [3.05, 3.63) is 52.0 Å². The largest absolute Gasteiger partial charge is 0.459 e. The Kier molecular flexibility index (Phi) is 3.59. The number of halogens is 5. The molecule has 0 aliphatic carbocycles. The van der Waals surface area contributed by atoms with Crippen molar-refractivity contribution in [1.29, 1.82) is 0 Å². The summed E-state index contributed by atoms with van der Waals surface area (Å²) in [5, 5.41) is 0. The van der Waals surface area contributed by atoms with Gasteiger partial charge < -0.3 is 0 Å². The van der Waals surface area contributed by atoms with E-state index in [0.29, 0.717) is 11.3 Å². The van der Waals surface area contributed by atoms with Gasteiger partial charge in [0.15, 0.2) is 0 Å². The van der Waals surface area contributed by atoms with Crippen LogP contribution < -0.4 is 0 Å². The first-order valence-corrected chi connectivity index (χ1v) is 6.11. The second-order valence-electron chi connectivity index (χ2n) is 3.80. The van der Waals surface area contributed by atoms with Crippen LogP contribution in [0.25, 0.3) is 0 Å². The van der Waals surface area contributed by atoms with Crippen molar-refractivity contribution < 1.29 is 26.7 Å². The number of ketones is 1. The molecule has 2 rings (SSSR count). The molecule has 0 saturated heterocycles. The quantitative estimate of drug-likeness (QED) is 0.633. The van der Waals surface area contributed by atoms with Gasteiger partial charge in [0.2, 0.25) is 5.78 Å². The summed E-state index contributed by atoms with van der Waals surface area (Å²) in [5.41, 5.74) is -0.731. The zero-order chi connectivity index (χ0) is 15.0. The van der Waals surface area contributed by atoms with E-state index in [0.717, 1.165) is 5.51 Å². The number of carbonyl (C=O) groups excluding carboxylic acids is 1. The summed E-state index contributed by atoms with van der Waals surface area (Å²) in [6, 6.07) is 7.22. The summed E-state index contributed by atoms with van der Waals surface area (Å²) in [7, 11) is 0. The summed E-state index contributed by atoms with van der Waals surface area (Å²) in [6.07, 6.45) is -5.80. The van der Waals surface area contributed by atoms with Crippen LogP contribution >= 0.6 is 11.3 Å². The lowest BCUT2D eigenvalue weighted by atomic mass is 10.1. The maximum atomic E-state index is 13.3. The van der Waals surface area contributed by atoms with Gasteiger partial charge in [-0.25, -0.2) is 4.98 Å². The molecule has 106 valence electrons. The summed E-state index contributed by atoms with van der Waals surface area (Å²) >= 11 is 0.455. The van der Waals surface area contributed by atoms with Gasteiger partial charge in [-0.05, 0) is 0 Å². The predicted molar refractivity (Wildman–Crippen MR) is 61.9 cm³/mol. The van der Waals surface area contributed by atoms with E-state index in [-0.39, 0.29) is 5.56 Å². The highest BCUT2D eigenvalue weighted by atomic mass is 32.1. The molecule has 2 nitrogen and oxygen atoms in total. The molecule has 0 spiro atoms. The van der Waals surface area contributed by atoms with Gasteiger partial charge in [0.25, 0.3) is 0 Å². The van der Waals surface area contributed by atoms with E-state index in [4.69, 9.17) is 0 Å². The minimum atomic E-state index is -5.80. The van der Waals surface area contributed by atoms with Crippen molar-refractivity contribution in [2.45, 2.75) is 12.1 Å². The Labute approximate surface area is 113 Å². The number of aromatic nitrogens is 1. The van der Waals surface area contributed by atoms with E-state index in [1.165, 1.54) is 24.3 Å². The second kappa shape index (κ2) is 4.93. The van der Waals surface area contributed by atoms with Crippen molar-refractivity contribution >= 4 is 17.1 Å². The van der Waals surface area contributed by atoms with Crippen molar-refractivity contribution in [3.8, 4) is 0 Å². The molecule has 0 saturated carbocycles. The third-order valence-electron chi connectivity index (χ3n) is 2.46. The molecule has 0 bridgehead atoms. The first-order chi connectivity index (χ1) is 9.25. The van der Waals surface area contributed by atoms with Gasteiger partial charge in [0.1, 0.15) is 10.6 Å². The number of rotatable bonds is 3. The normalized spacial score (nSPS) is 12.4. The van der Waals surface area contributed by atoms with Gasteiger partial charge in [-0.2, -0.15) is 22.0 Å². The van der Waals surface area contributed by atoms with Crippen LogP contribution in [0.1, 0.15) is 20.9 Å². The van der Waals surface area contributed by atoms with Crippen LogP contribution in [0.2, 0.25) is 0 Å². The highest BCUT2D eigenvalue weighted by molar-refractivity contribution is 7.12. The summed E-state index contributed by atoms with van der Waals surface area (Å²) < 4.78 is 63.6. The van der Waals surface area contributed by atoms with E-state index >= 15 is 0 Å². The van der Waals surface area contributed by atoms with Crippen molar-refractivity contribution in [2.75, 3.05) is 0 Å². The number of nitrogens with zero attached hydrogens (tertiary/aromatic N) is 1. The van der Waals surface area contributed by atoms with Crippen molar-refractivity contribution in [2.24, 2.45) is 0 Å². The van der Waals surface area contributed by atoms with E-state index in [1.807, 2.05) is 0 Å². The zero-order valence-electron chi connectivity index (χ0n) is 9.62. The molecule has 0 unspecified atom stereocenters. The van der Waals surface area contributed by atoms with E-state index in [1.54, 1.807) is 6.07 Å². The molecule has 0 fully saturated rings. The van der Waals surface area contributed by atoms with Gasteiger partial charge in [-0.1, -0.05) is 30.3 Å². The fourth-order valence-electron chi connectivity index (χ4n) is 1.49. The van der Waals surface area contributed by atoms with Gasteiger partial charge in [-0.3, -0.25) is 4.79 Å². The molecule has 0 N–H and O–H groups in total. The van der Waals surface area contributed by atoms with Gasteiger partial charge in [0.05, 0.1) is 5.51 Å². The molecule has 1 heterocycles. The Balaban J connectivity index is 2.47. The number of carbonyl (C=O) groups is 1. The monoisotopic (exact) mass is 307 g/mol. The second-order valence-corrected chi connectivity index (χ2v) is 4.65. The number of thiazole rings is 1. The van der Waals surface area contributed by atoms with Crippen molar-refractivity contribution in [1.82, 2.24) is 4.98 Å². The van der Waals surface area contributed by atoms with Gasteiger partial charge in [-0.15, -0.1) is 11.3 Å². The van der Waals surface area contributed by atoms with Crippen LogP contribution in [0, 0.1) is 0 Å². The molecule has 0 amide bonds. The highest BCUT2D eigenvalue weighted by Crippen LogP contribution is 2.45.